The van der Waals surface area contributed by atoms with Gasteiger partial charge in [-0.3, -0.25) is 9.79 Å². The van der Waals surface area contributed by atoms with Gasteiger partial charge in [-0.15, -0.1) is 24.0 Å². The molecule has 1 rings (SSSR count). The fourth-order valence-corrected chi connectivity index (χ4v) is 1.91. The zero-order valence-electron chi connectivity index (χ0n) is 13.6. The third-order valence-corrected chi connectivity index (χ3v) is 3.20. The number of guanidine groups is 1. The summed E-state index contributed by atoms with van der Waals surface area (Å²) in [5, 5.41) is 9.16. The summed E-state index contributed by atoms with van der Waals surface area (Å²) in [6, 6.07) is 7.55. The van der Waals surface area contributed by atoms with Crippen LogP contribution < -0.4 is 16.0 Å². The van der Waals surface area contributed by atoms with E-state index in [-0.39, 0.29) is 29.9 Å². The van der Waals surface area contributed by atoms with E-state index >= 15 is 0 Å². The zero-order chi connectivity index (χ0) is 15.5. The first-order valence-electron chi connectivity index (χ1n) is 7.46. The number of carbonyl (C=O) groups is 1. The zero-order valence-corrected chi connectivity index (χ0v) is 15.9. The molecule has 0 saturated carbocycles. The molecule has 22 heavy (non-hydrogen) atoms. The molecule has 0 spiro atoms. The van der Waals surface area contributed by atoms with Gasteiger partial charge in [0.05, 0.1) is 0 Å². The number of nitrogens with zero attached hydrogens (tertiary/aromatic N) is 1. The molecule has 0 aliphatic heterocycles. The summed E-state index contributed by atoms with van der Waals surface area (Å²) in [7, 11) is 3.40. The summed E-state index contributed by atoms with van der Waals surface area (Å²) in [5.41, 5.74) is 1.78. The highest BCUT2D eigenvalue weighted by Crippen LogP contribution is 2.04. The molecule has 1 amide bonds. The van der Waals surface area contributed by atoms with E-state index in [1.165, 1.54) is 12.8 Å². The molecule has 0 radical (unpaired) electrons. The van der Waals surface area contributed by atoms with Crippen molar-refractivity contribution in [1.29, 1.82) is 0 Å². The van der Waals surface area contributed by atoms with Crippen LogP contribution in [0.25, 0.3) is 0 Å². The molecule has 0 aliphatic rings. The number of amides is 1. The maximum Gasteiger partial charge on any atom is 0.251 e. The second-order valence-electron chi connectivity index (χ2n) is 4.84. The van der Waals surface area contributed by atoms with Gasteiger partial charge in [-0.05, 0) is 24.1 Å². The highest BCUT2D eigenvalue weighted by molar-refractivity contribution is 14.0. The first-order valence-corrected chi connectivity index (χ1v) is 7.46. The van der Waals surface area contributed by atoms with Crippen LogP contribution in [0.5, 0.6) is 0 Å². The summed E-state index contributed by atoms with van der Waals surface area (Å²) in [4.78, 5) is 15.6. The summed E-state index contributed by atoms with van der Waals surface area (Å²) in [6.07, 6.45) is 3.59. The number of hydrogen-bond acceptors (Lipinski definition) is 2. The highest BCUT2D eigenvalue weighted by atomic mass is 127. The second kappa shape index (κ2) is 12.3. The minimum absolute atomic E-state index is 0. The Hall–Kier alpha value is -1.31. The average Bonchev–Trinajstić information content (AvgIpc) is 2.54. The number of carbonyl (C=O) groups excluding carboxylic acids is 1. The quantitative estimate of drug-likeness (QED) is 0.276. The molecule has 124 valence electrons. The van der Waals surface area contributed by atoms with Gasteiger partial charge in [-0.2, -0.15) is 0 Å². The van der Waals surface area contributed by atoms with Gasteiger partial charge in [0, 0.05) is 32.7 Å². The van der Waals surface area contributed by atoms with Crippen LogP contribution in [0.4, 0.5) is 0 Å². The topological polar surface area (TPSA) is 65.5 Å². The molecular formula is C16H27IN4O. The fourth-order valence-electron chi connectivity index (χ4n) is 1.91. The van der Waals surface area contributed by atoms with Crippen LogP contribution in [0.1, 0.15) is 42.1 Å². The van der Waals surface area contributed by atoms with Gasteiger partial charge in [0.25, 0.3) is 5.91 Å². The predicted octanol–water partition coefficient (Wildman–Crippen LogP) is 2.52. The first kappa shape index (κ1) is 20.7. The maximum atomic E-state index is 11.5. The van der Waals surface area contributed by atoms with Crippen LogP contribution >= 0.6 is 24.0 Å². The van der Waals surface area contributed by atoms with Crippen LogP contribution in [0.2, 0.25) is 0 Å². The Morgan fingerprint density at radius 2 is 1.82 bits per heavy atom. The third kappa shape index (κ3) is 7.63. The first-order chi connectivity index (χ1) is 10.2. The number of nitrogens with one attached hydrogen (secondary N) is 3. The molecule has 0 aliphatic carbocycles. The Bertz CT molecular complexity index is 460. The molecule has 0 fully saturated rings. The molecule has 6 heteroatoms. The molecule has 0 bridgehead atoms. The number of unbranched alkanes of at least 4 members (excludes halogenated alkanes) is 2. The van der Waals surface area contributed by atoms with Gasteiger partial charge in [-0.1, -0.05) is 31.9 Å². The van der Waals surface area contributed by atoms with E-state index in [1.807, 2.05) is 24.3 Å². The Balaban J connectivity index is 0.00000441. The molecule has 3 N–H and O–H groups in total. The van der Waals surface area contributed by atoms with E-state index in [4.69, 9.17) is 0 Å². The van der Waals surface area contributed by atoms with Crippen molar-refractivity contribution in [1.82, 2.24) is 16.0 Å². The van der Waals surface area contributed by atoms with E-state index in [0.29, 0.717) is 12.1 Å². The van der Waals surface area contributed by atoms with Crippen molar-refractivity contribution in [3.63, 3.8) is 0 Å². The van der Waals surface area contributed by atoms with Gasteiger partial charge in [0.1, 0.15) is 0 Å². The lowest BCUT2D eigenvalue weighted by Gasteiger charge is -2.12. The van der Waals surface area contributed by atoms with Crippen molar-refractivity contribution < 1.29 is 4.79 Å². The largest absolute Gasteiger partial charge is 0.356 e. The molecule has 0 atom stereocenters. The number of hydrogen-bond donors (Lipinski definition) is 3. The molecule has 0 unspecified atom stereocenters. The lowest BCUT2D eigenvalue weighted by Crippen LogP contribution is -2.37. The SMILES string of the molecule is CCCCCNC(=NC)NCc1ccc(C(=O)NC)cc1.I. The van der Waals surface area contributed by atoms with Gasteiger partial charge in [0.2, 0.25) is 0 Å². The van der Waals surface area contributed by atoms with Gasteiger partial charge < -0.3 is 16.0 Å². The smallest absolute Gasteiger partial charge is 0.251 e. The van der Waals surface area contributed by atoms with Crippen molar-refractivity contribution in [3.8, 4) is 0 Å². The number of aliphatic imine (C=N–C) groups is 1. The van der Waals surface area contributed by atoms with Crippen molar-refractivity contribution in [2.45, 2.75) is 32.7 Å². The lowest BCUT2D eigenvalue weighted by molar-refractivity contribution is 0.0963. The highest BCUT2D eigenvalue weighted by Gasteiger charge is 2.02. The molecule has 1 aromatic rings. The van der Waals surface area contributed by atoms with Crippen LogP contribution in [0, 0.1) is 0 Å². The van der Waals surface area contributed by atoms with Crippen LogP contribution in [0.15, 0.2) is 29.3 Å². The van der Waals surface area contributed by atoms with Crippen LogP contribution in [-0.4, -0.2) is 32.5 Å². The van der Waals surface area contributed by atoms with E-state index < -0.39 is 0 Å². The Labute approximate surface area is 150 Å². The molecule has 0 saturated heterocycles. The predicted molar refractivity (Wildman–Crippen MR) is 103 cm³/mol. The van der Waals surface area contributed by atoms with E-state index in [1.54, 1.807) is 14.1 Å². The Kier molecular flexibility index (Phi) is 11.5. The van der Waals surface area contributed by atoms with Gasteiger partial charge in [-0.25, -0.2) is 0 Å². The van der Waals surface area contributed by atoms with E-state index in [2.05, 4.69) is 27.9 Å². The van der Waals surface area contributed by atoms with Gasteiger partial charge in [0.15, 0.2) is 5.96 Å². The Morgan fingerprint density at radius 3 is 2.36 bits per heavy atom. The number of benzene rings is 1. The van der Waals surface area contributed by atoms with E-state index in [9.17, 15) is 4.79 Å². The van der Waals surface area contributed by atoms with Crippen LogP contribution in [0.3, 0.4) is 0 Å². The van der Waals surface area contributed by atoms with Crippen molar-refractivity contribution in [3.05, 3.63) is 35.4 Å². The number of halogens is 1. The normalized spacial score (nSPS) is 10.6. The lowest BCUT2D eigenvalue weighted by atomic mass is 10.1. The summed E-state index contributed by atoms with van der Waals surface area (Å²) < 4.78 is 0. The van der Waals surface area contributed by atoms with Crippen molar-refractivity contribution in [2.24, 2.45) is 4.99 Å². The van der Waals surface area contributed by atoms with Crippen molar-refractivity contribution >= 4 is 35.8 Å². The standard InChI is InChI=1S/C16H26N4O.HI/c1-4-5-6-11-19-16(18-3)20-12-13-7-9-14(10-8-13)15(21)17-2;/h7-10H,4-6,11-12H2,1-3H3,(H,17,21)(H2,18,19,20);1H. The van der Waals surface area contributed by atoms with Crippen molar-refractivity contribution in [2.75, 3.05) is 20.6 Å². The van der Waals surface area contributed by atoms with E-state index in [0.717, 1.165) is 24.5 Å². The second-order valence-corrected chi connectivity index (χ2v) is 4.84. The minimum atomic E-state index is -0.0668. The molecule has 5 nitrogen and oxygen atoms in total. The molecule has 0 heterocycles. The molecular weight excluding hydrogens is 391 g/mol. The molecule has 0 aromatic heterocycles. The monoisotopic (exact) mass is 418 g/mol. The summed E-state index contributed by atoms with van der Waals surface area (Å²) in [5.74, 6) is 0.740. The Morgan fingerprint density at radius 1 is 1.14 bits per heavy atom. The average molecular weight is 418 g/mol. The molecule has 1 aromatic carbocycles. The maximum absolute atomic E-state index is 11.5. The minimum Gasteiger partial charge on any atom is -0.356 e. The van der Waals surface area contributed by atoms with Gasteiger partial charge >= 0.3 is 0 Å². The third-order valence-electron chi connectivity index (χ3n) is 3.20. The fraction of sp³-hybridized carbons (Fsp3) is 0.500. The van der Waals surface area contributed by atoms with Crippen LogP contribution in [-0.2, 0) is 6.54 Å². The summed E-state index contributed by atoms with van der Waals surface area (Å²) in [6.45, 7) is 3.81. The summed E-state index contributed by atoms with van der Waals surface area (Å²) >= 11 is 0. The number of rotatable bonds is 7.